The van der Waals surface area contributed by atoms with E-state index in [4.69, 9.17) is 5.73 Å². The third-order valence-electron chi connectivity index (χ3n) is 1.86. The molecule has 0 saturated carbocycles. The van der Waals surface area contributed by atoms with E-state index in [0.717, 1.165) is 0 Å². The van der Waals surface area contributed by atoms with Gasteiger partial charge in [-0.2, -0.15) is 0 Å². The molecule has 2 N–H and O–H groups in total. The van der Waals surface area contributed by atoms with Crippen LogP contribution in [0.5, 0.6) is 0 Å². The lowest BCUT2D eigenvalue weighted by molar-refractivity contribution is -0.127. The number of ketones is 1. The van der Waals surface area contributed by atoms with E-state index in [9.17, 15) is 4.79 Å². The van der Waals surface area contributed by atoms with Gasteiger partial charge in [0.25, 0.3) is 0 Å². The van der Waals surface area contributed by atoms with Crippen LogP contribution in [-0.4, -0.2) is 12.3 Å². The number of Topliss-reactive ketones (excluding diaryl/α,β-unsaturated/α-hetero) is 1. The molecule has 0 aliphatic rings. The van der Waals surface area contributed by atoms with Crippen LogP contribution in [-0.2, 0) is 4.79 Å². The fourth-order valence-electron chi connectivity index (χ4n) is 0.761. The van der Waals surface area contributed by atoms with Gasteiger partial charge in [-0.3, -0.25) is 4.79 Å². The molecule has 0 aromatic heterocycles. The summed E-state index contributed by atoms with van der Waals surface area (Å²) >= 11 is 0. The quantitative estimate of drug-likeness (QED) is 0.673. The Morgan fingerprint density at radius 3 is 2.18 bits per heavy atom. The predicted molar refractivity (Wildman–Crippen MR) is 47.3 cm³/mol. The molecule has 0 bridgehead atoms. The Hall–Kier alpha value is -0.370. The van der Waals surface area contributed by atoms with E-state index in [1.54, 1.807) is 0 Å². The summed E-state index contributed by atoms with van der Waals surface area (Å²) in [4.78, 5) is 11.4. The van der Waals surface area contributed by atoms with Gasteiger partial charge in [0.2, 0.25) is 0 Å². The summed E-state index contributed by atoms with van der Waals surface area (Å²) in [7, 11) is 0. The van der Waals surface area contributed by atoms with Gasteiger partial charge in [-0.15, -0.1) is 0 Å². The van der Waals surface area contributed by atoms with Crippen LogP contribution < -0.4 is 5.73 Å². The molecule has 66 valence electrons. The molecule has 0 saturated heterocycles. The highest BCUT2D eigenvalue weighted by Crippen LogP contribution is 2.18. The second kappa shape index (κ2) is 3.86. The lowest BCUT2D eigenvalue weighted by Crippen LogP contribution is -2.33. The first kappa shape index (κ1) is 10.6. The minimum atomic E-state index is -0.329. The maximum absolute atomic E-state index is 11.4. The van der Waals surface area contributed by atoms with Crippen LogP contribution in [0.15, 0.2) is 0 Å². The van der Waals surface area contributed by atoms with Crippen LogP contribution in [0.4, 0.5) is 0 Å². The van der Waals surface area contributed by atoms with E-state index < -0.39 is 0 Å². The Balaban J connectivity index is 4.02. The molecular formula is C9H19NO. The van der Waals surface area contributed by atoms with Crippen LogP contribution in [0.1, 0.15) is 34.1 Å². The molecule has 0 fully saturated rings. The zero-order chi connectivity index (χ0) is 9.07. The molecule has 0 unspecified atom stereocenters. The van der Waals surface area contributed by atoms with Crippen LogP contribution >= 0.6 is 0 Å². The highest BCUT2D eigenvalue weighted by atomic mass is 16.1. The zero-order valence-corrected chi connectivity index (χ0v) is 7.98. The van der Waals surface area contributed by atoms with E-state index in [1.807, 2.05) is 27.7 Å². The van der Waals surface area contributed by atoms with E-state index in [-0.39, 0.29) is 11.2 Å². The maximum atomic E-state index is 11.4. The molecule has 0 radical (unpaired) electrons. The summed E-state index contributed by atoms with van der Waals surface area (Å²) in [5, 5.41) is 0. The van der Waals surface area contributed by atoms with Gasteiger partial charge in [0.15, 0.2) is 0 Å². The highest BCUT2D eigenvalue weighted by Gasteiger charge is 2.25. The number of hydrogen-bond donors (Lipinski definition) is 1. The van der Waals surface area contributed by atoms with Crippen molar-refractivity contribution in [3.63, 3.8) is 0 Å². The predicted octanol–water partition coefficient (Wildman–Crippen LogP) is 1.59. The molecule has 0 heterocycles. The van der Waals surface area contributed by atoms with E-state index in [2.05, 4.69) is 0 Å². The summed E-state index contributed by atoms with van der Waals surface area (Å²) in [5.74, 6) is 0.711. The molecule has 0 atom stereocenters. The van der Waals surface area contributed by atoms with Crippen molar-refractivity contribution in [3.8, 4) is 0 Å². The molecular weight excluding hydrogens is 138 g/mol. The topological polar surface area (TPSA) is 43.1 Å². The van der Waals surface area contributed by atoms with Gasteiger partial charge in [0.05, 0.1) is 0 Å². The van der Waals surface area contributed by atoms with Crippen molar-refractivity contribution < 1.29 is 4.79 Å². The first-order chi connectivity index (χ1) is 4.90. The smallest absolute Gasteiger partial charge is 0.139 e. The Labute approximate surface area is 69.2 Å². The number of hydrogen-bond acceptors (Lipinski definition) is 2. The molecule has 11 heavy (non-hydrogen) atoms. The molecule has 0 aliphatic carbocycles. The third-order valence-corrected chi connectivity index (χ3v) is 1.86. The van der Waals surface area contributed by atoms with Crippen molar-refractivity contribution in [1.29, 1.82) is 0 Å². The van der Waals surface area contributed by atoms with Crippen LogP contribution in [0.3, 0.4) is 0 Å². The fraction of sp³-hybridized carbons (Fsp3) is 0.889. The second-order valence-electron chi connectivity index (χ2n) is 4.11. The molecule has 0 spiro atoms. The molecule has 0 amide bonds. The SMILES string of the molecule is CC(C)CC(=O)C(C)(C)CN. The highest BCUT2D eigenvalue weighted by molar-refractivity contribution is 5.84. The molecule has 2 heteroatoms. The van der Waals surface area contributed by atoms with Gasteiger partial charge >= 0.3 is 0 Å². The Bertz CT molecular complexity index is 138. The van der Waals surface area contributed by atoms with Crippen molar-refractivity contribution in [2.75, 3.05) is 6.54 Å². The fourth-order valence-corrected chi connectivity index (χ4v) is 0.761. The standard InChI is InChI=1S/C9H19NO/c1-7(2)5-8(11)9(3,4)6-10/h7H,5-6,10H2,1-4H3. The van der Waals surface area contributed by atoms with Crippen molar-refractivity contribution in [2.45, 2.75) is 34.1 Å². The van der Waals surface area contributed by atoms with Gasteiger partial charge in [0.1, 0.15) is 5.78 Å². The lowest BCUT2D eigenvalue weighted by Gasteiger charge is -2.21. The molecule has 0 aromatic rings. The first-order valence-electron chi connectivity index (χ1n) is 4.13. The minimum absolute atomic E-state index is 0.273. The monoisotopic (exact) mass is 157 g/mol. The van der Waals surface area contributed by atoms with Crippen molar-refractivity contribution in [3.05, 3.63) is 0 Å². The average Bonchev–Trinajstić information content (AvgIpc) is 1.86. The number of carbonyl (C=O) groups is 1. The van der Waals surface area contributed by atoms with Crippen LogP contribution in [0, 0.1) is 11.3 Å². The summed E-state index contributed by atoms with van der Waals surface area (Å²) < 4.78 is 0. The van der Waals surface area contributed by atoms with Crippen molar-refractivity contribution in [2.24, 2.45) is 17.1 Å². The Morgan fingerprint density at radius 2 is 1.91 bits per heavy atom. The summed E-state index contributed by atoms with van der Waals surface area (Å²) in [5.41, 5.74) is 5.13. The maximum Gasteiger partial charge on any atom is 0.139 e. The molecule has 0 rings (SSSR count). The summed E-state index contributed by atoms with van der Waals surface area (Å²) in [6, 6.07) is 0. The third kappa shape index (κ3) is 3.51. The van der Waals surface area contributed by atoms with Gasteiger partial charge in [-0.05, 0) is 5.92 Å². The largest absolute Gasteiger partial charge is 0.329 e. The second-order valence-corrected chi connectivity index (χ2v) is 4.11. The average molecular weight is 157 g/mol. The van der Waals surface area contributed by atoms with E-state index in [1.165, 1.54) is 0 Å². The van der Waals surface area contributed by atoms with Crippen LogP contribution in [0.2, 0.25) is 0 Å². The normalized spacial score (nSPS) is 12.2. The van der Waals surface area contributed by atoms with E-state index in [0.29, 0.717) is 18.9 Å². The van der Waals surface area contributed by atoms with Crippen molar-refractivity contribution in [1.82, 2.24) is 0 Å². The summed E-state index contributed by atoms with van der Waals surface area (Å²) in [6.07, 6.45) is 0.643. The zero-order valence-electron chi connectivity index (χ0n) is 7.98. The summed E-state index contributed by atoms with van der Waals surface area (Å²) in [6.45, 7) is 8.34. The lowest BCUT2D eigenvalue weighted by atomic mass is 9.84. The van der Waals surface area contributed by atoms with Crippen molar-refractivity contribution >= 4 is 5.78 Å². The number of carbonyl (C=O) groups excluding carboxylic acids is 1. The van der Waals surface area contributed by atoms with Gasteiger partial charge in [-0.1, -0.05) is 27.7 Å². The van der Waals surface area contributed by atoms with Gasteiger partial charge in [-0.25, -0.2) is 0 Å². The van der Waals surface area contributed by atoms with Gasteiger partial charge in [0, 0.05) is 18.4 Å². The minimum Gasteiger partial charge on any atom is -0.329 e. The van der Waals surface area contributed by atoms with Gasteiger partial charge < -0.3 is 5.73 Å². The van der Waals surface area contributed by atoms with E-state index >= 15 is 0 Å². The van der Waals surface area contributed by atoms with Crippen LogP contribution in [0.25, 0.3) is 0 Å². The molecule has 0 aliphatic heterocycles. The number of rotatable bonds is 4. The first-order valence-corrected chi connectivity index (χ1v) is 4.13. The number of nitrogens with two attached hydrogens (primary N) is 1. The Kier molecular flexibility index (Phi) is 3.73. The Morgan fingerprint density at radius 1 is 1.45 bits per heavy atom. The molecule has 0 aromatic carbocycles. The molecule has 2 nitrogen and oxygen atoms in total.